The van der Waals surface area contributed by atoms with E-state index in [1.807, 2.05) is 30.3 Å². The maximum atomic E-state index is 13.3. The molecule has 6 rings (SSSR count). The number of aryl methyl sites for hydroxylation is 1. The SMILES string of the molecule is Nc1ncc(-c2ccc(CCCNC(=O)C3CCC(CN4C(=O)C=CC4=O)CC3)cc2)nc1C(=O)Nc1cnccc1N1CCOCC1. The molecule has 3 aromatic rings. The van der Waals surface area contributed by atoms with E-state index >= 15 is 0 Å². The molecular formula is C35H40N8O5. The molecule has 4 N–H and O–H groups in total. The summed E-state index contributed by atoms with van der Waals surface area (Å²) in [6.07, 6.45) is 12.2. The third-order valence-electron chi connectivity index (χ3n) is 9.16. The second kappa shape index (κ2) is 15.2. The highest BCUT2D eigenvalue weighted by molar-refractivity contribution is 6.12. The van der Waals surface area contributed by atoms with Crippen LogP contribution in [-0.2, 0) is 25.5 Å². The van der Waals surface area contributed by atoms with Gasteiger partial charge in [0.1, 0.15) is 0 Å². The molecule has 0 unspecified atom stereocenters. The van der Waals surface area contributed by atoms with Crippen molar-refractivity contribution in [1.29, 1.82) is 0 Å². The number of nitrogens with one attached hydrogen (secondary N) is 2. The molecule has 2 aromatic heterocycles. The maximum Gasteiger partial charge on any atom is 0.278 e. The number of benzene rings is 1. The van der Waals surface area contributed by atoms with Gasteiger partial charge in [-0.15, -0.1) is 0 Å². The maximum absolute atomic E-state index is 13.3. The molecule has 0 radical (unpaired) electrons. The van der Waals surface area contributed by atoms with Crippen LogP contribution in [0.15, 0.2) is 61.1 Å². The van der Waals surface area contributed by atoms with Crippen molar-refractivity contribution < 1.29 is 23.9 Å². The second-order valence-electron chi connectivity index (χ2n) is 12.4. The number of hydrogen-bond donors (Lipinski definition) is 3. The molecule has 2 aliphatic heterocycles. The van der Waals surface area contributed by atoms with Gasteiger partial charge in [0.2, 0.25) is 5.91 Å². The molecule has 3 aliphatic rings. The number of nitrogens with two attached hydrogens (primary N) is 1. The minimum absolute atomic E-state index is 0.0340. The summed E-state index contributed by atoms with van der Waals surface area (Å²) < 4.78 is 5.45. The highest BCUT2D eigenvalue weighted by Gasteiger charge is 2.31. The van der Waals surface area contributed by atoms with Gasteiger partial charge in [-0.25, -0.2) is 9.97 Å². The van der Waals surface area contributed by atoms with Crippen LogP contribution in [0.1, 0.15) is 48.2 Å². The number of anilines is 3. The summed E-state index contributed by atoms with van der Waals surface area (Å²) in [6, 6.07) is 9.74. The van der Waals surface area contributed by atoms with Gasteiger partial charge < -0.3 is 26.0 Å². The Morgan fingerprint density at radius 1 is 0.958 bits per heavy atom. The van der Waals surface area contributed by atoms with Gasteiger partial charge in [-0.1, -0.05) is 24.3 Å². The zero-order chi connectivity index (χ0) is 33.5. The summed E-state index contributed by atoms with van der Waals surface area (Å²) in [7, 11) is 0. The van der Waals surface area contributed by atoms with Crippen LogP contribution in [0, 0.1) is 11.8 Å². The fourth-order valence-corrected chi connectivity index (χ4v) is 6.42. The monoisotopic (exact) mass is 652 g/mol. The number of imide groups is 1. The quantitative estimate of drug-likeness (QED) is 0.207. The fraction of sp³-hybridized carbons (Fsp3) is 0.400. The fourth-order valence-electron chi connectivity index (χ4n) is 6.42. The van der Waals surface area contributed by atoms with E-state index in [0.29, 0.717) is 50.8 Å². The Balaban J connectivity index is 0.966. The second-order valence-corrected chi connectivity index (χ2v) is 12.4. The number of nitrogens with zero attached hydrogens (tertiary/aromatic N) is 5. The van der Waals surface area contributed by atoms with Gasteiger partial charge in [-0.2, -0.15) is 0 Å². The summed E-state index contributed by atoms with van der Waals surface area (Å²) in [6.45, 7) is 3.66. The summed E-state index contributed by atoms with van der Waals surface area (Å²) >= 11 is 0. The number of rotatable bonds is 11. The van der Waals surface area contributed by atoms with Crippen LogP contribution in [-0.4, -0.2) is 82.9 Å². The van der Waals surface area contributed by atoms with Gasteiger partial charge in [0, 0.05) is 56.0 Å². The van der Waals surface area contributed by atoms with E-state index in [1.165, 1.54) is 17.1 Å². The van der Waals surface area contributed by atoms with Crippen molar-refractivity contribution in [1.82, 2.24) is 25.2 Å². The summed E-state index contributed by atoms with van der Waals surface area (Å²) in [5, 5.41) is 5.98. The third-order valence-corrected chi connectivity index (χ3v) is 9.16. The Morgan fingerprint density at radius 3 is 2.42 bits per heavy atom. The Kier molecular flexibility index (Phi) is 10.3. The predicted octanol–water partition coefficient (Wildman–Crippen LogP) is 2.99. The highest BCUT2D eigenvalue weighted by atomic mass is 16.5. The van der Waals surface area contributed by atoms with Crippen LogP contribution in [0.2, 0.25) is 0 Å². The normalized spacial score (nSPS) is 19.4. The van der Waals surface area contributed by atoms with Crippen molar-refractivity contribution in [2.75, 3.05) is 55.3 Å². The molecule has 1 saturated heterocycles. The number of hydrogen-bond acceptors (Lipinski definition) is 10. The van der Waals surface area contributed by atoms with E-state index in [-0.39, 0.29) is 41.1 Å². The number of carbonyl (C=O) groups is 4. The number of amides is 4. The van der Waals surface area contributed by atoms with Gasteiger partial charge in [0.25, 0.3) is 17.7 Å². The first-order valence-corrected chi connectivity index (χ1v) is 16.5. The van der Waals surface area contributed by atoms with Crippen molar-refractivity contribution in [2.24, 2.45) is 11.8 Å². The summed E-state index contributed by atoms with van der Waals surface area (Å²) in [5.41, 5.74) is 9.97. The first kappa shape index (κ1) is 32.8. The van der Waals surface area contributed by atoms with Gasteiger partial charge in [0.05, 0.1) is 42.7 Å². The van der Waals surface area contributed by atoms with Crippen LogP contribution < -0.4 is 21.3 Å². The van der Waals surface area contributed by atoms with Crippen molar-refractivity contribution in [2.45, 2.75) is 38.5 Å². The van der Waals surface area contributed by atoms with Crippen molar-refractivity contribution in [3.8, 4) is 11.3 Å². The lowest BCUT2D eigenvalue weighted by atomic mass is 9.81. The molecule has 2 fully saturated rings. The molecule has 250 valence electrons. The van der Waals surface area contributed by atoms with Crippen LogP contribution in [0.5, 0.6) is 0 Å². The molecule has 48 heavy (non-hydrogen) atoms. The molecule has 4 amide bonds. The van der Waals surface area contributed by atoms with Gasteiger partial charge >= 0.3 is 0 Å². The van der Waals surface area contributed by atoms with Crippen molar-refractivity contribution in [3.63, 3.8) is 0 Å². The number of aromatic nitrogens is 3. The minimum atomic E-state index is -0.469. The zero-order valence-electron chi connectivity index (χ0n) is 26.8. The molecule has 13 nitrogen and oxygen atoms in total. The van der Waals surface area contributed by atoms with E-state index in [4.69, 9.17) is 10.5 Å². The molecule has 1 aromatic carbocycles. The largest absolute Gasteiger partial charge is 0.382 e. The Morgan fingerprint density at radius 2 is 1.69 bits per heavy atom. The van der Waals surface area contributed by atoms with E-state index in [9.17, 15) is 19.2 Å². The van der Waals surface area contributed by atoms with Crippen LogP contribution >= 0.6 is 0 Å². The van der Waals surface area contributed by atoms with Crippen molar-refractivity contribution >= 4 is 40.8 Å². The molecule has 0 bridgehead atoms. The van der Waals surface area contributed by atoms with Crippen LogP contribution in [0.3, 0.4) is 0 Å². The van der Waals surface area contributed by atoms with Gasteiger partial charge in [0.15, 0.2) is 11.5 Å². The lowest BCUT2D eigenvalue weighted by molar-refractivity contribution is -0.138. The number of morpholine rings is 1. The lowest BCUT2D eigenvalue weighted by Crippen LogP contribution is -2.38. The predicted molar refractivity (Wildman–Crippen MR) is 180 cm³/mol. The van der Waals surface area contributed by atoms with Crippen LogP contribution in [0.4, 0.5) is 17.2 Å². The highest BCUT2D eigenvalue weighted by Crippen LogP contribution is 2.30. The average Bonchev–Trinajstić information content (AvgIpc) is 3.43. The molecular weight excluding hydrogens is 612 g/mol. The Labute approximate surface area is 279 Å². The van der Waals surface area contributed by atoms with Gasteiger partial charge in [-0.05, 0) is 56.1 Å². The molecule has 4 heterocycles. The number of ether oxygens (including phenoxy) is 1. The van der Waals surface area contributed by atoms with E-state index < -0.39 is 5.91 Å². The average molecular weight is 653 g/mol. The first-order valence-electron chi connectivity index (χ1n) is 16.5. The molecule has 0 spiro atoms. The molecule has 13 heteroatoms. The van der Waals surface area contributed by atoms with E-state index in [0.717, 1.165) is 55.3 Å². The minimum Gasteiger partial charge on any atom is -0.382 e. The van der Waals surface area contributed by atoms with E-state index in [2.05, 4.69) is 30.5 Å². The topological polar surface area (TPSA) is 173 Å². The standard InChI is InChI=1S/C35H40N8O5/c36-33-32(35(47)41-28-20-37-15-13-29(28)42-16-18-48-19-17-42)40-27(21-39-33)25-7-3-23(4-8-25)2-1-14-38-34(46)26-9-5-24(6-10-26)22-43-30(44)11-12-31(43)45/h3-4,7-8,11-13,15,20-21,24,26H,1-2,5-6,9-10,14,16-19,22H2,(H2,36,39)(H,38,46)(H,41,47). The first-order chi connectivity index (χ1) is 23.4. The third kappa shape index (κ3) is 7.85. The summed E-state index contributed by atoms with van der Waals surface area (Å²) in [5.74, 6) is -0.649. The zero-order valence-corrected chi connectivity index (χ0v) is 26.8. The van der Waals surface area contributed by atoms with Gasteiger partial charge in [-0.3, -0.25) is 29.1 Å². The molecule has 1 aliphatic carbocycles. The molecule has 0 atom stereocenters. The number of pyridine rings is 1. The summed E-state index contributed by atoms with van der Waals surface area (Å²) in [4.78, 5) is 66.1. The smallest absolute Gasteiger partial charge is 0.278 e. The number of carbonyl (C=O) groups excluding carboxylic acids is 4. The van der Waals surface area contributed by atoms with E-state index in [1.54, 1.807) is 18.6 Å². The van der Waals surface area contributed by atoms with Crippen molar-refractivity contribution in [3.05, 3.63) is 72.3 Å². The molecule has 1 saturated carbocycles. The lowest BCUT2D eigenvalue weighted by Gasteiger charge is -2.30. The Hall–Kier alpha value is -5.17. The number of nitrogen functional groups attached to an aromatic ring is 1. The Bertz CT molecular complexity index is 1660. The van der Waals surface area contributed by atoms with Crippen LogP contribution in [0.25, 0.3) is 11.3 Å².